The van der Waals surface area contributed by atoms with E-state index in [2.05, 4.69) is 29.4 Å². The second kappa shape index (κ2) is 6.11. The largest absolute Gasteiger partial charge is 0.365 e. The van der Waals surface area contributed by atoms with Gasteiger partial charge >= 0.3 is 0 Å². The van der Waals surface area contributed by atoms with Crippen LogP contribution in [0.2, 0.25) is 5.15 Å². The highest BCUT2D eigenvalue weighted by atomic mass is 35.5. The Morgan fingerprint density at radius 1 is 1.28 bits per heavy atom. The molecule has 2 atom stereocenters. The van der Waals surface area contributed by atoms with E-state index in [1.54, 1.807) is 0 Å². The van der Waals surface area contributed by atoms with E-state index >= 15 is 0 Å². The molecule has 1 aromatic rings. The molecule has 0 aliphatic heterocycles. The Hall–Kier alpha value is -0.480. The standard InChI is InChI=1S/C13H20ClN3S/c1-4-18-11-7-5-6-10(11)15-13-9(3)8(2)12(14)16-17-13/h10-11H,4-7H2,1-3H3,(H,15,17). The first kappa shape index (κ1) is 13.9. The van der Waals surface area contributed by atoms with Gasteiger partial charge in [0.25, 0.3) is 0 Å². The van der Waals surface area contributed by atoms with Gasteiger partial charge in [-0.25, -0.2) is 0 Å². The number of aromatic nitrogens is 2. The molecule has 0 bridgehead atoms. The van der Waals surface area contributed by atoms with Crippen LogP contribution in [-0.2, 0) is 0 Å². The summed E-state index contributed by atoms with van der Waals surface area (Å²) in [6, 6.07) is 0.517. The first-order chi connectivity index (χ1) is 8.63. The molecule has 2 unspecified atom stereocenters. The molecule has 1 saturated carbocycles. The van der Waals surface area contributed by atoms with Crippen molar-refractivity contribution in [3.8, 4) is 0 Å². The summed E-state index contributed by atoms with van der Waals surface area (Å²) >= 11 is 8.02. The number of nitrogens with zero attached hydrogens (tertiary/aromatic N) is 2. The first-order valence-corrected chi connectivity index (χ1v) is 7.93. The summed E-state index contributed by atoms with van der Waals surface area (Å²) in [4.78, 5) is 0. The van der Waals surface area contributed by atoms with Crippen molar-refractivity contribution in [2.75, 3.05) is 11.1 Å². The maximum Gasteiger partial charge on any atom is 0.155 e. The summed E-state index contributed by atoms with van der Waals surface area (Å²) in [5.74, 6) is 2.07. The lowest BCUT2D eigenvalue weighted by atomic mass is 10.2. The van der Waals surface area contributed by atoms with E-state index < -0.39 is 0 Å². The van der Waals surface area contributed by atoms with Crippen molar-refractivity contribution in [1.29, 1.82) is 0 Å². The Bertz CT molecular complexity index is 425. The molecule has 1 heterocycles. The average molecular weight is 286 g/mol. The molecular formula is C13H20ClN3S. The summed E-state index contributed by atoms with van der Waals surface area (Å²) in [6.45, 7) is 6.26. The Labute approximate surface area is 118 Å². The van der Waals surface area contributed by atoms with Crippen molar-refractivity contribution in [2.24, 2.45) is 0 Å². The van der Waals surface area contributed by atoms with Crippen LogP contribution in [0.25, 0.3) is 0 Å². The second-order valence-corrected chi connectivity index (χ2v) is 6.64. The molecule has 1 fully saturated rings. The van der Waals surface area contributed by atoms with Crippen LogP contribution in [0.1, 0.15) is 37.3 Å². The van der Waals surface area contributed by atoms with Gasteiger partial charge in [0.15, 0.2) is 11.0 Å². The Morgan fingerprint density at radius 2 is 2.06 bits per heavy atom. The predicted molar refractivity (Wildman–Crippen MR) is 79.7 cm³/mol. The lowest BCUT2D eigenvalue weighted by molar-refractivity contribution is 0.755. The van der Waals surface area contributed by atoms with Gasteiger partial charge in [0.05, 0.1) is 0 Å². The lowest BCUT2D eigenvalue weighted by Crippen LogP contribution is -2.27. The molecule has 0 amide bonds. The number of nitrogens with one attached hydrogen (secondary N) is 1. The monoisotopic (exact) mass is 285 g/mol. The van der Waals surface area contributed by atoms with Crippen molar-refractivity contribution in [1.82, 2.24) is 10.2 Å². The normalized spacial score (nSPS) is 23.3. The van der Waals surface area contributed by atoms with Gasteiger partial charge in [-0.05, 0) is 43.6 Å². The second-order valence-electron chi connectivity index (χ2n) is 4.76. The summed E-state index contributed by atoms with van der Waals surface area (Å²) < 4.78 is 0. The van der Waals surface area contributed by atoms with Crippen LogP contribution in [-0.4, -0.2) is 27.2 Å². The minimum Gasteiger partial charge on any atom is -0.365 e. The van der Waals surface area contributed by atoms with Crippen molar-refractivity contribution >= 4 is 29.2 Å². The molecule has 1 aromatic heterocycles. The number of halogens is 1. The number of rotatable bonds is 4. The minimum absolute atomic E-state index is 0.504. The van der Waals surface area contributed by atoms with E-state index in [-0.39, 0.29) is 0 Å². The Kier molecular flexibility index (Phi) is 4.73. The number of anilines is 1. The summed E-state index contributed by atoms with van der Waals surface area (Å²) in [5, 5.41) is 13.0. The van der Waals surface area contributed by atoms with Gasteiger partial charge in [-0.2, -0.15) is 11.8 Å². The average Bonchev–Trinajstić information content (AvgIpc) is 2.78. The highest BCUT2D eigenvalue weighted by Gasteiger charge is 2.28. The Balaban J connectivity index is 2.11. The van der Waals surface area contributed by atoms with Gasteiger partial charge in [0.1, 0.15) is 0 Å². The zero-order valence-corrected chi connectivity index (χ0v) is 12.7. The van der Waals surface area contributed by atoms with E-state index in [4.69, 9.17) is 11.6 Å². The number of hydrogen-bond acceptors (Lipinski definition) is 4. The minimum atomic E-state index is 0.504. The van der Waals surface area contributed by atoms with Crippen LogP contribution < -0.4 is 5.32 Å². The molecule has 0 saturated heterocycles. The van der Waals surface area contributed by atoms with Crippen LogP contribution in [0.15, 0.2) is 0 Å². The van der Waals surface area contributed by atoms with E-state index in [0.29, 0.717) is 16.4 Å². The molecule has 0 radical (unpaired) electrons. The first-order valence-electron chi connectivity index (χ1n) is 6.51. The third-order valence-corrected chi connectivity index (χ3v) is 5.31. The molecule has 100 valence electrons. The van der Waals surface area contributed by atoms with Crippen molar-refractivity contribution in [2.45, 2.75) is 51.3 Å². The van der Waals surface area contributed by atoms with Crippen LogP contribution >= 0.6 is 23.4 Å². The van der Waals surface area contributed by atoms with Gasteiger partial charge in [-0.3, -0.25) is 0 Å². The molecule has 2 rings (SSSR count). The van der Waals surface area contributed by atoms with Crippen molar-refractivity contribution in [3.63, 3.8) is 0 Å². The van der Waals surface area contributed by atoms with E-state index in [1.165, 1.54) is 25.0 Å². The van der Waals surface area contributed by atoms with E-state index in [1.807, 2.05) is 18.7 Å². The third-order valence-electron chi connectivity index (χ3n) is 3.62. The molecule has 1 N–H and O–H groups in total. The van der Waals surface area contributed by atoms with Crippen LogP contribution in [0, 0.1) is 13.8 Å². The summed E-state index contributed by atoms with van der Waals surface area (Å²) in [7, 11) is 0. The third kappa shape index (κ3) is 2.91. The summed E-state index contributed by atoms with van der Waals surface area (Å²) in [5.41, 5.74) is 2.13. The fourth-order valence-electron chi connectivity index (χ4n) is 2.39. The van der Waals surface area contributed by atoms with E-state index in [9.17, 15) is 0 Å². The predicted octanol–water partition coefficient (Wildman–Crippen LogP) is 3.83. The quantitative estimate of drug-likeness (QED) is 0.912. The molecule has 1 aliphatic carbocycles. The topological polar surface area (TPSA) is 37.8 Å². The van der Waals surface area contributed by atoms with Gasteiger partial charge in [-0.1, -0.05) is 24.9 Å². The lowest BCUT2D eigenvalue weighted by Gasteiger charge is -2.21. The maximum absolute atomic E-state index is 5.98. The van der Waals surface area contributed by atoms with Crippen molar-refractivity contribution < 1.29 is 0 Å². The molecular weight excluding hydrogens is 266 g/mol. The number of hydrogen-bond donors (Lipinski definition) is 1. The van der Waals surface area contributed by atoms with Crippen LogP contribution in [0.4, 0.5) is 5.82 Å². The molecule has 5 heteroatoms. The van der Waals surface area contributed by atoms with Crippen molar-refractivity contribution in [3.05, 3.63) is 16.3 Å². The van der Waals surface area contributed by atoms with E-state index in [0.717, 1.165) is 16.9 Å². The number of thioether (sulfide) groups is 1. The van der Waals surface area contributed by atoms with Crippen LogP contribution in [0.3, 0.4) is 0 Å². The molecule has 0 spiro atoms. The van der Waals surface area contributed by atoms with Gasteiger partial charge in [0.2, 0.25) is 0 Å². The Morgan fingerprint density at radius 3 is 2.78 bits per heavy atom. The highest BCUT2D eigenvalue weighted by molar-refractivity contribution is 7.99. The molecule has 1 aliphatic rings. The zero-order chi connectivity index (χ0) is 13.1. The SMILES string of the molecule is CCSC1CCCC1Nc1nnc(Cl)c(C)c1C. The molecule has 18 heavy (non-hydrogen) atoms. The smallest absolute Gasteiger partial charge is 0.155 e. The highest BCUT2D eigenvalue weighted by Crippen LogP contribution is 2.32. The maximum atomic E-state index is 5.98. The van der Waals surface area contributed by atoms with Gasteiger partial charge < -0.3 is 5.32 Å². The van der Waals surface area contributed by atoms with Gasteiger partial charge in [0, 0.05) is 11.3 Å². The fourth-order valence-corrected chi connectivity index (χ4v) is 3.77. The molecule has 3 nitrogen and oxygen atoms in total. The zero-order valence-electron chi connectivity index (χ0n) is 11.2. The summed E-state index contributed by atoms with van der Waals surface area (Å²) in [6.07, 6.45) is 3.82. The van der Waals surface area contributed by atoms with Crippen LogP contribution in [0.5, 0.6) is 0 Å². The molecule has 0 aromatic carbocycles. The van der Waals surface area contributed by atoms with Gasteiger partial charge in [-0.15, -0.1) is 10.2 Å². The fraction of sp³-hybridized carbons (Fsp3) is 0.692.